The monoisotopic (exact) mass is 316 g/mol. The van der Waals surface area contributed by atoms with Crippen molar-refractivity contribution in [2.45, 2.75) is 13.3 Å². The van der Waals surface area contributed by atoms with Crippen LogP contribution in [0.3, 0.4) is 0 Å². The highest BCUT2D eigenvalue weighted by atomic mass is 35.5. The van der Waals surface area contributed by atoms with Gasteiger partial charge in [0.2, 0.25) is 0 Å². The van der Waals surface area contributed by atoms with Crippen molar-refractivity contribution in [3.8, 4) is 0 Å². The van der Waals surface area contributed by atoms with Crippen LogP contribution in [0.4, 0.5) is 10.2 Å². The van der Waals surface area contributed by atoms with Gasteiger partial charge in [-0.15, -0.1) is 0 Å². The molecule has 0 saturated carbocycles. The van der Waals surface area contributed by atoms with E-state index in [9.17, 15) is 4.39 Å². The van der Waals surface area contributed by atoms with Crippen molar-refractivity contribution in [2.24, 2.45) is 0 Å². The number of halogens is 2. The lowest BCUT2D eigenvalue weighted by Gasteiger charge is -2.09. The second-order valence-corrected chi connectivity index (χ2v) is 5.43. The number of hydrogen-bond donors (Lipinski definition) is 1. The summed E-state index contributed by atoms with van der Waals surface area (Å²) in [5.74, 6) is 0.159. The van der Waals surface area contributed by atoms with E-state index in [-0.39, 0.29) is 0 Å². The summed E-state index contributed by atoms with van der Waals surface area (Å²) in [5.41, 5.74) is 2.65. The van der Waals surface area contributed by atoms with Gasteiger partial charge in [-0.3, -0.25) is 0 Å². The van der Waals surface area contributed by atoms with Crippen LogP contribution in [0.25, 0.3) is 11.0 Å². The molecule has 1 aromatic carbocycles. The van der Waals surface area contributed by atoms with Crippen LogP contribution in [-0.4, -0.2) is 21.5 Å². The number of anilines is 1. The van der Waals surface area contributed by atoms with Gasteiger partial charge in [0.1, 0.15) is 18.0 Å². The fourth-order valence-corrected chi connectivity index (χ4v) is 2.56. The molecule has 0 aliphatic carbocycles. The van der Waals surface area contributed by atoms with Crippen molar-refractivity contribution in [1.29, 1.82) is 0 Å². The number of nitrogens with one attached hydrogen (secondary N) is 1. The van der Waals surface area contributed by atoms with Crippen LogP contribution in [0.5, 0.6) is 0 Å². The Hall–Kier alpha value is -2.27. The van der Waals surface area contributed by atoms with Gasteiger partial charge in [-0.1, -0.05) is 23.7 Å². The molecule has 3 rings (SSSR count). The Morgan fingerprint density at radius 1 is 1.18 bits per heavy atom. The summed E-state index contributed by atoms with van der Waals surface area (Å²) in [6, 6.07) is 7.36. The van der Waals surface area contributed by atoms with Crippen molar-refractivity contribution in [3.05, 3.63) is 58.8 Å². The minimum atomic E-state index is -0.410. The van der Waals surface area contributed by atoms with Gasteiger partial charge in [0.05, 0.1) is 11.6 Å². The third-order valence-corrected chi connectivity index (χ3v) is 3.70. The molecule has 1 N–H and O–H groups in total. The summed E-state index contributed by atoms with van der Waals surface area (Å²) in [6.07, 6.45) is 3.30. The first-order valence-corrected chi connectivity index (χ1v) is 7.26. The SMILES string of the molecule is Cc1ccc(CCNc2ncnc3ncc(F)cc23)c(Cl)c1. The second-order valence-electron chi connectivity index (χ2n) is 5.02. The number of benzene rings is 1. The second kappa shape index (κ2) is 6.23. The van der Waals surface area contributed by atoms with Crippen LogP contribution >= 0.6 is 11.6 Å². The molecule has 0 radical (unpaired) electrons. The Labute approximate surface area is 132 Å². The average molecular weight is 317 g/mol. The van der Waals surface area contributed by atoms with Crippen LogP contribution < -0.4 is 5.32 Å². The number of rotatable bonds is 4. The van der Waals surface area contributed by atoms with Gasteiger partial charge in [0.25, 0.3) is 0 Å². The summed E-state index contributed by atoms with van der Waals surface area (Å²) in [7, 11) is 0. The number of nitrogens with zero attached hydrogens (tertiary/aromatic N) is 3. The lowest BCUT2D eigenvalue weighted by molar-refractivity contribution is 0.624. The quantitative estimate of drug-likeness (QED) is 0.796. The predicted molar refractivity (Wildman–Crippen MR) is 85.7 cm³/mol. The zero-order chi connectivity index (χ0) is 15.5. The fraction of sp³-hybridized carbons (Fsp3) is 0.188. The maximum Gasteiger partial charge on any atom is 0.164 e. The van der Waals surface area contributed by atoms with E-state index in [1.54, 1.807) is 0 Å². The highest BCUT2D eigenvalue weighted by Gasteiger charge is 2.06. The standard InChI is InChI=1S/C16H14ClFN4/c1-10-2-3-11(14(17)6-10)4-5-19-15-13-7-12(18)8-20-16(13)22-9-21-15/h2-3,6-9H,4-5H2,1H3,(H,19,20,21,22). The average Bonchev–Trinajstić information content (AvgIpc) is 2.50. The Bertz CT molecular complexity index is 822. The van der Waals surface area contributed by atoms with Crippen LogP contribution in [-0.2, 0) is 6.42 Å². The first kappa shape index (κ1) is 14.7. The van der Waals surface area contributed by atoms with E-state index >= 15 is 0 Å². The topological polar surface area (TPSA) is 50.7 Å². The molecule has 112 valence electrons. The van der Waals surface area contributed by atoms with Gasteiger partial charge in [-0.2, -0.15) is 0 Å². The van der Waals surface area contributed by atoms with Gasteiger partial charge in [-0.25, -0.2) is 19.3 Å². The van der Waals surface area contributed by atoms with Crippen LogP contribution in [0.2, 0.25) is 5.02 Å². The lowest BCUT2D eigenvalue weighted by Crippen LogP contribution is -2.08. The van der Waals surface area contributed by atoms with Crippen molar-refractivity contribution < 1.29 is 4.39 Å². The molecule has 4 nitrogen and oxygen atoms in total. The van der Waals surface area contributed by atoms with Crippen LogP contribution in [0.1, 0.15) is 11.1 Å². The Morgan fingerprint density at radius 2 is 2.05 bits per heavy atom. The number of aryl methyl sites for hydroxylation is 1. The van der Waals surface area contributed by atoms with Crippen molar-refractivity contribution in [3.63, 3.8) is 0 Å². The summed E-state index contributed by atoms with van der Waals surface area (Å²) >= 11 is 6.21. The van der Waals surface area contributed by atoms with E-state index in [1.807, 2.05) is 25.1 Å². The molecule has 0 amide bonds. The summed E-state index contributed by atoms with van der Waals surface area (Å²) in [4.78, 5) is 12.1. The molecule has 3 aromatic rings. The third kappa shape index (κ3) is 3.14. The minimum Gasteiger partial charge on any atom is -0.369 e. The van der Waals surface area contributed by atoms with Gasteiger partial charge < -0.3 is 5.32 Å². The number of pyridine rings is 1. The molecule has 6 heteroatoms. The molecule has 2 heterocycles. The third-order valence-electron chi connectivity index (χ3n) is 3.35. The van der Waals surface area contributed by atoms with E-state index in [0.717, 1.165) is 28.8 Å². The maximum atomic E-state index is 13.3. The number of aromatic nitrogens is 3. The van der Waals surface area contributed by atoms with Crippen molar-refractivity contribution >= 4 is 28.5 Å². The van der Waals surface area contributed by atoms with E-state index < -0.39 is 5.82 Å². The summed E-state index contributed by atoms with van der Waals surface area (Å²) < 4.78 is 13.3. The zero-order valence-electron chi connectivity index (χ0n) is 12.0. The smallest absolute Gasteiger partial charge is 0.164 e. The molecular weight excluding hydrogens is 303 g/mol. The molecule has 0 atom stereocenters. The first-order chi connectivity index (χ1) is 10.6. The molecule has 2 aromatic heterocycles. The minimum absolute atomic E-state index is 0.410. The molecule has 0 aliphatic rings. The summed E-state index contributed by atoms with van der Waals surface area (Å²) in [5, 5.41) is 4.51. The first-order valence-electron chi connectivity index (χ1n) is 6.88. The lowest BCUT2D eigenvalue weighted by atomic mass is 10.1. The normalized spacial score (nSPS) is 10.9. The van der Waals surface area contributed by atoms with Gasteiger partial charge >= 0.3 is 0 Å². The van der Waals surface area contributed by atoms with Crippen molar-refractivity contribution in [2.75, 3.05) is 11.9 Å². The highest BCUT2D eigenvalue weighted by Crippen LogP contribution is 2.20. The molecule has 0 bridgehead atoms. The van der Waals surface area contributed by atoms with Gasteiger partial charge in [0, 0.05) is 11.6 Å². The van der Waals surface area contributed by atoms with E-state index in [1.165, 1.54) is 12.4 Å². The van der Waals surface area contributed by atoms with E-state index in [2.05, 4.69) is 20.3 Å². The molecule has 0 aliphatic heterocycles. The molecule has 0 unspecified atom stereocenters. The highest BCUT2D eigenvalue weighted by molar-refractivity contribution is 6.31. The van der Waals surface area contributed by atoms with E-state index in [4.69, 9.17) is 11.6 Å². The molecular formula is C16H14ClFN4. The van der Waals surface area contributed by atoms with Crippen LogP contribution in [0.15, 0.2) is 36.8 Å². The summed E-state index contributed by atoms with van der Waals surface area (Å²) in [6.45, 7) is 2.63. The van der Waals surface area contributed by atoms with Crippen LogP contribution in [0, 0.1) is 12.7 Å². The Balaban J connectivity index is 1.75. The molecule has 22 heavy (non-hydrogen) atoms. The zero-order valence-corrected chi connectivity index (χ0v) is 12.7. The van der Waals surface area contributed by atoms with Gasteiger partial charge in [0.15, 0.2) is 5.65 Å². The largest absolute Gasteiger partial charge is 0.369 e. The fourth-order valence-electron chi connectivity index (χ4n) is 2.23. The molecule has 0 spiro atoms. The number of fused-ring (bicyclic) bond motifs is 1. The maximum absolute atomic E-state index is 13.3. The number of hydrogen-bond acceptors (Lipinski definition) is 4. The molecule has 0 fully saturated rings. The predicted octanol–water partition coefficient (Wildman–Crippen LogP) is 3.78. The Morgan fingerprint density at radius 3 is 2.86 bits per heavy atom. The Kier molecular flexibility index (Phi) is 4.15. The van der Waals surface area contributed by atoms with Crippen molar-refractivity contribution in [1.82, 2.24) is 15.0 Å². The van der Waals surface area contributed by atoms with Gasteiger partial charge in [-0.05, 0) is 36.6 Å². The van der Waals surface area contributed by atoms with E-state index in [0.29, 0.717) is 23.4 Å². The molecule has 0 saturated heterocycles.